The van der Waals surface area contributed by atoms with Crippen molar-refractivity contribution in [2.24, 2.45) is 0 Å². The first-order chi connectivity index (χ1) is 4.38. The molecule has 0 atom stereocenters. The minimum atomic E-state index is 0.0622. The van der Waals surface area contributed by atoms with Gasteiger partial charge in [-0.1, -0.05) is 0 Å². The van der Waals surface area contributed by atoms with E-state index >= 15 is 0 Å². The largest absolute Gasteiger partial charge is 0.496 e. The van der Waals surface area contributed by atoms with Crippen LogP contribution >= 0.6 is 11.3 Å². The molecule has 0 saturated carbocycles. The van der Waals surface area contributed by atoms with Crippen molar-refractivity contribution in [2.75, 3.05) is 7.11 Å². The maximum absolute atomic E-state index is 8.67. The molecule has 0 aromatic carbocycles. The minimum absolute atomic E-state index is 0.0622. The summed E-state index contributed by atoms with van der Waals surface area (Å²) in [6.45, 7) is 0.0622. The Labute approximate surface area is 57.7 Å². The second kappa shape index (κ2) is 2.85. The Hall–Kier alpha value is -0.540. The number of aliphatic hydroxyl groups excluding tert-OH is 1. The summed E-state index contributed by atoms with van der Waals surface area (Å²) in [5.74, 6) is 0.780. The normalized spacial score (nSPS) is 9.56. The van der Waals surface area contributed by atoms with Gasteiger partial charge >= 0.3 is 0 Å². The number of methoxy groups -OCH3 is 1. The molecule has 0 aliphatic rings. The molecule has 1 heterocycles. The van der Waals surface area contributed by atoms with Crippen molar-refractivity contribution < 1.29 is 9.84 Å². The van der Waals surface area contributed by atoms with Crippen molar-refractivity contribution in [1.82, 2.24) is 0 Å². The van der Waals surface area contributed by atoms with E-state index in [1.165, 1.54) is 11.3 Å². The molecule has 3 heteroatoms. The van der Waals surface area contributed by atoms with Crippen molar-refractivity contribution in [1.29, 1.82) is 0 Å². The van der Waals surface area contributed by atoms with Crippen LogP contribution in [0, 0.1) is 0 Å². The second-order valence-electron chi connectivity index (χ2n) is 1.62. The predicted octanol–water partition coefficient (Wildman–Crippen LogP) is 1.25. The van der Waals surface area contributed by atoms with E-state index in [0.717, 1.165) is 11.3 Å². The van der Waals surface area contributed by atoms with Crippen LogP contribution in [0.15, 0.2) is 10.8 Å². The van der Waals surface area contributed by atoms with E-state index in [2.05, 4.69) is 0 Å². The maximum atomic E-state index is 8.67. The average molecular weight is 144 g/mol. The first-order valence-electron chi connectivity index (χ1n) is 2.58. The van der Waals surface area contributed by atoms with Crippen molar-refractivity contribution in [3.8, 4) is 5.75 Å². The lowest BCUT2D eigenvalue weighted by Gasteiger charge is -1.95. The zero-order valence-electron chi connectivity index (χ0n) is 5.13. The van der Waals surface area contributed by atoms with Crippen LogP contribution in [0.3, 0.4) is 0 Å². The molecule has 0 fully saturated rings. The van der Waals surface area contributed by atoms with Gasteiger partial charge in [-0.25, -0.2) is 0 Å². The van der Waals surface area contributed by atoms with Crippen LogP contribution in [0.25, 0.3) is 0 Å². The van der Waals surface area contributed by atoms with E-state index in [0.29, 0.717) is 0 Å². The van der Waals surface area contributed by atoms with Crippen LogP contribution < -0.4 is 4.74 Å². The van der Waals surface area contributed by atoms with Gasteiger partial charge in [-0.05, 0) is 0 Å². The molecule has 0 spiro atoms. The van der Waals surface area contributed by atoms with Crippen LogP contribution in [0.5, 0.6) is 5.75 Å². The molecular formula is C6H8O2S. The van der Waals surface area contributed by atoms with Crippen LogP contribution in [0.2, 0.25) is 0 Å². The Morgan fingerprint density at radius 3 is 2.89 bits per heavy atom. The van der Waals surface area contributed by atoms with Gasteiger partial charge in [0.15, 0.2) is 0 Å². The fourth-order valence-corrected chi connectivity index (χ4v) is 1.40. The van der Waals surface area contributed by atoms with E-state index in [4.69, 9.17) is 9.84 Å². The van der Waals surface area contributed by atoms with E-state index in [9.17, 15) is 0 Å². The SMILES string of the molecule is COc1cscc1CO. The molecular weight excluding hydrogens is 136 g/mol. The quantitative estimate of drug-likeness (QED) is 0.677. The van der Waals surface area contributed by atoms with Crippen LogP contribution in [0.4, 0.5) is 0 Å². The molecule has 50 valence electrons. The van der Waals surface area contributed by atoms with Gasteiger partial charge in [-0.15, -0.1) is 11.3 Å². The zero-order valence-corrected chi connectivity index (χ0v) is 5.94. The van der Waals surface area contributed by atoms with Gasteiger partial charge in [0.1, 0.15) is 5.75 Å². The lowest BCUT2D eigenvalue weighted by Crippen LogP contribution is -1.85. The highest BCUT2D eigenvalue weighted by Crippen LogP contribution is 2.22. The number of rotatable bonds is 2. The highest BCUT2D eigenvalue weighted by Gasteiger charge is 1.99. The third kappa shape index (κ3) is 1.23. The molecule has 0 aliphatic carbocycles. The van der Waals surface area contributed by atoms with E-state index in [1.54, 1.807) is 7.11 Å². The third-order valence-electron chi connectivity index (χ3n) is 1.09. The monoisotopic (exact) mass is 144 g/mol. The summed E-state index contributed by atoms with van der Waals surface area (Å²) < 4.78 is 4.93. The Balaban J connectivity index is 2.85. The topological polar surface area (TPSA) is 29.5 Å². The Kier molecular flexibility index (Phi) is 2.08. The molecule has 0 amide bonds. The fraction of sp³-hybridized carbons (Fsp3) is 0.333. The minimum Gasteiger partial charge on any atom is -0.496 e. The molecule has 1 N–H and O–H groups in total. The highest BCUT2D eigenvalue weighted by molar-refractivity contribution is 7.08. The first-order valence-corrected chi connectivity index (χ1v) is 3.52. The molecule has 1 aromatic rings. The molecule has 9 heavy (non-hydrogen) atoms. The fourth-order valence-electron chi connectivity index (χ4n) is 0.606. The summed E-state index contributed by atoms with van der Waals surface area (Å²) >= 11 is 1.53. The number of aliphatic hydroxyl groups is 1. The smallest absolute Gasteiger partial charge is 0.135 e. The van der Waals surface area contributed by atoms with Gasteiger partial charge in [-0.2, -0.15) is 0 Å². The van der Waals surface area contributed by atoms with Gasteiger partial charge in [0.25, 0.3) is 0 Å². The molecule has 0 saturated heterocycles. The van der Waals surface area contributed by atoms with Crippen LogP contribution in [-0.4, -0.2) is 12.2 Å². The van der Waals surface area contributed by atoms with Gasteiger partial charge in [-0.3, -0.25) is 0 Å². The van der Waals surface area contributed by atoms with E-state index < -0.39 is 0 Å². The predicted molar refractivity (Wildman–Crippen MR) is 36.8 cm³/mol. The molecule has 0 unspecified atom stereocenters. The molecule has 0 bridgehead atoms. The van der Waals surface area contributed by atoms with Gasteiger partial charge < -0.3 is 9.84 Å². The lowest BCUT2D eigenvalue weighted by molar-refractivity contribution is 0.274. The maximum Gasteiger partial charge on any atom is 0.135 e. The average Bonchev–Trinajstić information content (AvgIpc) is 2.33. The van der Waals surface area contributed by atoms with Crippen LogP contribution in [-0.2, 0) is 6.61 Å². The number of ether oxygens (including phenoxy) is 1. The molecule has 2 nitrogen and oxygen atoms in total. The third-order valence-corrected chi connectivity index (χ3v) is 1.86. The summed E-state index contributed by atoms with van der Waals surface area (Å²) in [5.41, 5.74) is 0.863. The van der Waals surface area contributed by atoms with Crippen molar-refractivity contribution >= 4 is 11.3 Å². The van der Waals surface area contributed by atoms with Crippen LogP contribution in [0.1, 0.15) is 5.56 Å². The lowest BCUT2D eigenvalue weighted by atomic mass is 10.3. The Morgan fingerprint density at radius 1 is 1.67 bits per heavy atom. The Bertz CT molecular complexity index is 164. The van der Waals surface area contributed by atoms with Crippen molar-refractivity contribution in [3.05, 3.63) is 16.3 Å². The molecule has 0 radical (unpaired) electrons. The Morgan fingerprint density at radius 2 is 2.44 bits per heavy atom. The summed E-state index contributed by atoms with van der Waals surface area (Å²) in [4.78, 5) is 0. The first kappa shape index (κ1) is 6.58. The summed E-state index contributed by atoms with van der Waals surface area (Å²) in [6.07, 6.45) is 0. The standard InChI is InChI=1S/C6H8O2S/c1-8-6-4-9-3-5(6)2-7/h3-4,7H,2H2,1H3. The second-order valence-corrected chi connectivity index (χ2v) is 2.37. The number of hydrogen-bond donors (Lipinski definition) is 1. The van der Waals surface area contributed by atoms with Gasteiger partial charge in [0.2, 0.25) is 0 Å². The van der Waals surface area contributed by atoms with E-state index in [1.807, 2.05) is 10.8 Å². The molecule has 0 aliphatic heterocycles. The molecule has 1 aromatic heterocycles. The molecule has 1 rings (SSSR count). The summed E-state index contributed by atoms with van der Waals surface area (Å²) in [6, 6.07) is 0. The zero-order chi connectivity index (χ0) is 6.69. The van der Waals surface area contributed by atoms with Crippen molar-refractivity contribution in [3.63, 3.8) is 0 Å². The summed E-state index contributed by atoms with van der Waals surface area (Å²) in [5, 5.41) is 12.4. The van der Waals surface area contributed by atoms with Gasteiger partial charge in [0, 0.05) is 16.3 Å². The highest BCUT2D eigenvalue weighted by atomic mass is 32.1. The van der Waals surface area contributed by atoms with E-state index in [-0.39, 0.29) is 6.61 Å². The number of thiophene rings is 1. The summed E-state index contributed by atoms with van der Waals surface area (Å²) in [7, 11) is 1.60. The number of hydrogen-bond acceptors (Lipinski definition) is 3. The van der Waals surface area contributed by atoms with Gasteiger partial charge in [0.05, 0.1) is 13.7 Å². The van der Waals surface area contributed by atoms with Crippen molar-refractivity contribution in [2.45, 2.75) is 6.61 Å².